The van der Waals surface area contributed by atoms with E-state index in [1.165, 1.54) is 0 Å². The molecule has 0 N–H and O–H groups in total. The van der Waals surface area contributed by atoms with Crippen LogP contribution in [0.15, 0.2) is 21.4 Å². The number of halogens is 1. The van der Waals surface area contributed by atoms with E-state index in [-0.39, 0.29) is 5.56 Å². The molecule has 0 fully saturated rings. The lowest BCUT2D eigenvalue weighted by Crippen LogP contribution is -2.22. The number of aryl methyl sites for hydroxylation is 1. The molecule has 3 rings (SSSR count). The summed E-state index contributed by atoms with van der Waals surface area (Å²) in [5.74, 6) is 0.791. The van der Waals surface area contributed by atoms with Crippen molar-refractivity contribution in [1.82, 2.24) is 9.55 Å². The summed E-state index contributed by atoms with van der Waals surface area (Å²) in [4.78, 5) is 19.2. The van der Waals surface area contributed by atoms with Crippen LogP contribution in [-0.2, 0) is 6.54 Å². The number of hydrogen-bond acceptors (Lipinski definition) is 3. The Morgan fingerprint density at radius 1 is 1.39 bits per heavy atom. The Hall–Kier alpha value is -1.36. The Morgan fingerprint density at radius 3 is 2.89 bits per heavy atom. The molecule has 0 amide bonds. The van der Waals surface area contributed by atoms with Gasteiger partial charge in [-0.3, -0.25) is 9.36 Å². The summed E-state index contributed by atoms with van der Waals surface area (Å²) >= 11 is 3.50. The molecule has 0 saturated heterocycles. The number of likely N-dealkylation sites (N-methyl/N-ethyl adjacent to an activating group) is 1. The number of fused-ring (bicyclic) bond motifs is 2. The Bertz CT molecular complexity index is 693. The van der Waals surface area contributed by atoms with Crippen molar-refractivity contribution in [3.63, 3.8) is 0 Å². The van der Waals surface area contributed by atoms with Gasteiger partial charge in [-0.2, -0.15) is 0 Å². The first-order chi connectivity index (χ1) is 8.61. The van der Waals surface area contributed by atoms with Crippen molar-refractivity contribution >= 4 is 32.8 Å². The third-order valence-corrected chi connectivity index (χ3v) is 4.00. The van der Waals surface area contributed by atoms with Crippen LogP contribution in [0.1, 0.15) is 12.5 Å². The fourth-order valence-corrected chi connectivity index (χ4v) is 3.13. The van der Waals surface area contributed by atoms with E-state index in [4.69, 9.17) is 0 Å². The highest BCUT2D eigenvalue weighted by molar-refractivity contribution is 9.10. The van der Waals surface area contributed by atoms with Gasteiger partial charge in [-0.1, -0.05) is 0 Å². The molecule has 0 unspecified atom stereocenters. The maximum absolute atomic E-state index is 12.5. The topological polar surface area (TPSA) is 38.1 Å². The van der Waals surface area contributed by atoms with Gasteiger partial charge in [0.1, 0.15) is 0 Å². The predicted molar refractivity (Wildman–Crippen MR) is 76.3 cm³/mol. The molecule has 0 atom stereocenters. The summed E-state index contributed by atoms with van der Waals surface area (Å²) in [6.45, 7) is 6.54. The van der Waals surface area contributed by atoms with Crippen LogP contribution in [0.3, 0.4) is 0 Å². The van der Waals surface area contributed by atoms with Crippen molar-refractivity contribution in [1.29, 1.82) is 0 Å². The molecule has 2 aromatic rings. The molecule has 5 heteroatoms. The van der Waals surface area contributed by atoms with E-state index < -0.39 is 0 Å². The van der Waals surface area contributed by atoms with Gasteiger partial charge in [-0.25, -0.2) is 4.98 Å². The summed E-state index contributed by atoms with van der Waals surface area (Å²) in [6.07, 6.45) is 0. The van der Waals surface area contributed by atoms with Gasteiger partial charge in [0, 0.05) is 24.1 Å². The number of rotatable bonds is 1. The molecule has 0 bridgehead atoms. The van der Waals surface area contributed by atoms with Crippen LogP contribution >= 0.6 is 15.9 Å². The molecule has 18 heavy (non-hydrogen) atoms. The monoisotopic (exact) mass is 307 g/mol. The van der Waals surface area contributed by atoms with Crippen LogP contribution in [0, 0.1) is 6.92 Å². The van der Waals surface area contributed by atoms with Crippen LogP contribution in [0.2, 0.25) is 0 Å². The van der Waals surface area contributed by atoms with Crippen molar-refractivity contribution in [2.75, 3.05) is 18.0 Å². The van der Waals surface area contributed by atoms with Crippen molar-refractivity contribution in [2.45, 2.75) is 20.4 Å². The Labute approximate surface area is 113 Å². The van der Waals surface area contributed by atoms with E-state index in [9.17, 15) is 4.79 Å². The maximum Gasteiger partial charge on any atom is 0.262 e. The molecule has 0 saturated carbocycles. The van der Waals surface area contributed by atoms with E-state index in [1.807, 2.05) is 19.1 Å². The van der Waals surface area contributed by atoms with Crippen LogP contribution in [0.4, 0.5) is 5.95 Å². The highest BCUT2D eigenvalue weighted by atomic mass is 79.9. The van der Waals surface area contributed by atoms with Gasteiger partial charge < -0.3 is 4.90 Å². The van der Waals surface area contributed by atoms with Gasteiger partial charge in [0.2, 0.25) is 5.95 Å². The molecule has 1 aliphatic heterocycles. The maximum atomic E-state index is 12.5. The molecule has 2 heterocycles. The summed E-state index contributed by atoms with van der Waals surface area (Å²) in [6, 6.07) is 3.91. The zero-order chi connectivity index (χ0) is 12.9. The van der Waals surface area contributed by atoms with Crippen molar-refractivity contribution in [3.8, 4) is 0 Å². The van der Waals surface area contributed by atoms with Crippen molar-refractivity contribution < 1.29 is 0 Å². The first-order valence-electron chi connectivity index (χ1n) is 6.07. The number of benzene rings is 1. The Morgan fingerprint density at radius 2 is 2.17 bits per heavy atom. The lowest BCUT2D eigenvalue weighted by Gasteiger charge is -2.14. The van der Waals surface area contributed by atoms with E-state index in [0.717, 1.165) is 41.1 Å². The van der Waals surface area contributed by atoms with Crippen molar-refractivity contribution in [3.05, 3.63) is 32.5 Å². The van der Waals surface area contributed by atoms with Gasteiger partial charge >= 0.3 is 0 Å². The normalized spacial score (nSPS) is 14.3. The lowest BCUT2D eigenvalue weighted by molar-refractivity contribution is 0.758. The van der Waals surface area contributed by atoms with E-state index in [1.54, 1.807) is 4.57 Å². The van der Waals surface area contributed by atoms with E-state index in [0.29, 0.717) is 5.39 Å². The zero-order valence-electron chi connectivity index (χ0n) is 10.4. The minimum atomic E-state index is 0.0651. The summed E-state index contributed by atoms with van der Waals surface area (Å²) < 4.78 is 2.67. The first kappa shape index (κ1) is 11.7. The van der Waals surface area contributed by atoms with E-state index >= 15 is 0 Å². The van der Waals surface area contributed by atoms with Crippen molar-refractivity contribution in [2.24, 2.45) is 0 Å². The zero-order valence-corrected chi connectivity index (χ0v) is 12.0. The molecule has 1 aromatic carbocycles. The SMILES string of the molecule is CCN1CCn2c1nc1c(Br)cc(C)cc1c2=O. The number of nitrogens with zero attached hydrogens (tertiary/aromatic N) is 3. The minimum Gasteiger partial charge on any atom is -0.341 e. The summed E-state index contributed by atoms with van der Waals surface area (Å²) in [7, 11) is 0. The number of hydrogen-bond donors (Lipinski definition) is 0. The van der Waals surface area contributed by atoms with Crippen LogP contribution in [0.25, 0.3) is 10.9 Å². The third kappa shape index (κ3) is 1.57. The molecule has 0 spiro atoms. The largest absolute Gasteiger partial charge is 0.341 e. The first-order valence-corrected chi connectivity index (χ1v) is 6.86. The lowest BCUT2D eigenvalue weighted by atomic mass is 10.2. The summed E-state index contributed by atoms with van der Waals surface area (Å²) in [5.41, 5.74) is 1.90. The second-order valence-electron chi connectivity index (χ2n) is 4.59. The third-order valence-electron chi connectivity index (χ3n) is 3.39. The van der Waals surface area contributed by atoms with Gasteiger partial charge in [0.15, 0.2) is 0 Å². The second kappa shape index (κ2) is 4.09. The summed E-state index contributed by atoms with van der Waals surface area (Å²) in [5, 5.41) is 0.698. The molecule has 0 radical (unpaired) electrons. The smallest absolute Gasteiger partial charge is 0.262 e. The number of anilines is 1. The fraction of sp³-hybridized carbons (Fsp3) is 0.385. The Balaban J connectivity index is 2.40. The average Bonchev–Trinajstić information content (AvgIpc) is 2.74. The fourth-order valence-electron chi connectivity index (χ4n) is 2.47. The average molecular weight is 308 g/mol. The van der Waals surface area contributed by atoms with Gasteiger partial charge in [0.25, 0.3) is 5.56 Å². The van der Waals surface area contributed by atoms with Crippen LogP contribution in [0.5, 0.6) is 0 Å². The molecule has 94 valence electrons. The standard InChI is InChI=1S/C13H14BrN3O/c1-3-16-4-5-17-12(18)9-6-8(2)7-10(14)11(9)15-13(16)17/h6-7H,3-5H2,1-2H3. The van der Waals surface area contributed by atoms with Gasteiger partial charge in [0.05, 0.1) is 10.9 Å². The molecular formula is C13H14BrN3O. The van der Waals surface area contributed by atoms with Gasteiger partial charge in [-0.05, 0) is 47.5 Å². The Kier molecular flexibility index (Phi) is 2.66. The molecular weight excluding hydrogens is 294 g/mol. The minimum absolute atomic E-state index is 0.0651. The molecule has 0 aliphatic carbocycles. The predicted octanol–water partition coefficient (Wildman–Crippen LogP) is 2.31. The number of aromatic nitrogens is 2. The van der Waals surface area contributed by atoms with Crippen LogP contribution < -0.4 is 10.5 Å². The quantitative estimate of drug-likeness (QED) is 0.811. The van der Waals surface area contributed by atoms with E-state index in [2.05, 4.69) is 32.7 Å². The van der Waals surface area contributed by atoms with Gasteiger partial charge in [-0.15, -0.1) is 0 Å². The van der Waals surface area contributed by atoms with Crippen LogP contribution in [-0.4, -0.2) is 22.6 Å². The molecule has 1 aromatic heterocycles. The highest BCUT2D eigenvalue weighted by Crippen LogP contribution is 2.26. The molecule has 4 nitrogen and oxygen atoms in total. The highest BCUT2D eigenvalue weighted by Gasteiger charge is 2.22. The second-order valence-corrected chi connectivity index (χ2v) is 5.45. The molecule has 1 aliphatic rings.